The van der Waals surface area contributed by atoms with Crippen LogP contribution in [0.25, 0.3) is 0 Å². The van der Waals surface area contributed by atoms with E-state index in [1.807, 2.05) is 0 Å². The van der Waals surface area contributed by atoms with Crippen molar-refractivity contribution >= 4 is 5.91 Å². The van der Waals surface area contributed by atoms with Gasteiger partial charge in [-0.25, -0.2) is 0 Å². The van der Waals surface area contributed by atoms with Crippen LogP contribution in [0.5, 0.6) is 0 Å². The summed E-state index contributed by atoms with van der Waals surface area (Å²) in [6.45, 7) is 5.92. The van der Waals surface area contributed by atoms with Crippen molar-refractivity contribution in [1.29, 1.82) is 0 Å². The third-order valence-electron chi connectivity index (χ3n) is 2.56. The van der Waals surface area contributed by atoms with Gasteiger partial charge >= 0.3 is 0 Å². The van der Waals surface area contributed by atoms with Gasteiger partial charge in [0.05, 0.1) is 0 Å². The van der Waals surface area contributed by atoms with Crippen molar-refractivity contribution in [3.63, 3.8) is 0 Å². The third-order valence-corrected chi connectivity index (χ3v) is 2.56. The molecule has 1 amide bonds. The van der Waals surface area contributed by atoms with E-state index in [0.717, 1.165) is 19.3 Å². The van der Waals surface area contributed by atoms with Crippen LogP contribution in [0.1, 0.15) is 40.0 Å². The summed E-state index contributed by atoms with van der Waals surface area (Å²) in [7, 11) is 0. The Morgan fingerprint density at radius 3 is 2.58 bits per heavy atom. The molecule has 0 bridgehead atoms. The van der Waals surface area contributed by atoms with E-state index in [2.05, 4.69) is 19.2 Å². The van der Waals surface area contributed by atoms with Crippen molar-refractivity contribution in [3.8, 4) is 0 Å². The number of amides is 1. The van der Waals surface area contributed by atoms with E-state index in [9.17, 15) is 4.79 Å². The Kier molecular flexibility index (Phi) is 2.90. The van der Waals surface area contributed by atoms with Gasteiger partial charge in [-0.3, -0.25) is 4.79 Å². The smallest absolute Gasteiger partial charge is 0.217 e. The maximum Gasteiger partial charge on any atom is 0.217 e. The van der Waals surface area contributed by atoms with Crippen LogP contribution in [0.15, 0.2) is 11.1 Å². The van der Waals surface area contributed by atoms with Gasteiger partial charge in [0.1, 0.15) is 0 Å². The molecule has 68 valence electrons. The first kappa shape index (κ1) is 9.30. The second-order valence-corrected chi connectivity index (χ2v) is 3.70. The standard InChI is InChI=1S/C10H17NO/c1-7-4-5-10(6-8(7)2)11-9(3)12/h10H,4-6H2,1-3H3,(H,11,12). The molecule has 0 fully saturated rings. The van der Waals surface area contributed by atoms with Gasteiger partial charge in [-0.15, -0.1) is 0 Å². The van der Waals surface area contributed by atoms with Crippen LogP contribution in [-0.4, -0.2) is 11.9 Å². The summed E-state index contributed by atoms with van der Waals surface area (Å²) < 4.78 is 0. The quantitative estimate of drug-likeness (QED) is 0.595. The molecule has 1 unspecified atom stereocenters. The summed E-state index contributed by atoms with van der Waals surface area (Å²) in [6.07, 6.45) is 3.27. The summed E-state index contributed by atoms with van der Waals surface area (Å²) in [6, 6.07) is 0.381. The van der Waals surface area contributed by atoms with Gasteiger partial charge < -0.3 is 5.32 Å². The molecule has 1 atom stereocenters. The Hall–Kier alpha value is -0.790. The molecule has 0 saturated carbocycles. The van der Waals surface area contributed by atoms with Gasteiger partial charge in [0.15, 0.2) is 0 Å². The molecular formula is C10H17NO. The number of hydrogen-bond donors (Lipinski definition) is 1. The van der Waals surface area contributed by atoms with E-state index in [-0.39, 0.29) is 5.91 Å². The maximum absolute atomic E-state index is 10.8. The second-order valence-electron chi connectivity index (χ2n) is 3.70. The topological polar surface area (TPSA) is 29.1 Å². The van der Waals surface area contributed by atoms with Crippen molar-refractivity contribution < 1.29 is 4.79 Å². The lowest BCUT2D eigenvalue weighted by Gasteiger charge is -2.24. The highest BCUT2D eigenvalue weighted by molar-refractivity contribution is 5.73. The highest BCUT2D eigenvalue weighted by Crippen LogP contribution is 2.23. The van der Waals surface area contributed by atoms with Crippen molar-refractivity contribution in [2.24, 2.45) is 0 Å². The monoisotopic (exact) mass is 167 g/mol. The SMILES string of the molecule is CC(=O)NC1CCC(C)=C(C)C1. The summed E-state index contributed by atoms with van der Waals surface area (Å²) in [5, 5.41) is 2.96. The summed E-state index contributed by atoms with van der Waals surface area (Å²) in [5.41, 5.74) is 2.94. The zero-order valence-electron chi connectivity index (χ0n) is 8.11. The maximum atomic E-state index is 10.8. The lowest BCUT2D eigenvalue weighted by molar-refractivity contribution is -0.119. The molecule has 0 heterocycles. The van der Waals surface area contributed by atoms with Crippen LogP contribution in [0.4, 0.5) is 0 Å². The molecule has 0 radical (unpaired) electrons. The van der Waals surface area contributed by atoms with Crippen LogP contribution >= 0.6 is 0 Å². The second kappa shape index (κ2) is 3.74. The number of hydrogen-bond acceptors (Lipinski definition) is 1. The van der Waals surface area contributed by atoms with Crippen LogP contribution in [0.2, 0.25) is 0 Å². The lowest BCUT2D eigenvalue weighted by atomic mass is 9.90. The van der Waals surface area contributed by atoms with E-state index in [4.69, 9.17) is 0 Å². The van der Waals surface area contributed by atoms with Crippen molar-refractivity contribution in [1.82, 2.24) is 5.32 Å². The first-order chi connectivity index (χ1) is 5.59. The molecule has 0 aromatic rings. The van der Waals surface area contributed by atoms with Gasteiger partial charge in [-0.1, -0.05) is 11.1 Å². The highest BCUT2D eigenvalue weighted by Gasteiger charge is 2.16. The van der Waals surface area contributed by atoms with E-state index < -0.39 is 0 Å². The fourth-order valence-electron chi connectivity index (χ4n) is 1.66. The fourth-order valence-corrected chi connectivity index (χ4v) is 1.66. The molecule has 0 aromatic heterocycles. The van der Waals surface area contributed by atoms with Gasteiger partial charge in [-0.05, 0) is 33.1 Å². The normalized spacial score (nSPS) is 24.1. The average molecular weight is 167 g/mol. The Morgan fingerprint density at radius 2 is 2.08 bits per heavy atom. The Bertz CT molecular complexity index is 218. The van der Waals surface area contributed by atoms with E-state index in [0.29, 0.717) is 6.04 Å². The summed E-state index contributed by atoms with van der Waals surface area (Å²) in [5.74, 6) is 0.0901. The first-order valence-electron chi connectivity index (χ1n) is 4.52. The van der Waals surface area contributed by atoms with Crippen LogP contribution in [0.3, 0.4) is 0 Å². The van der Waals surface area contributed by atoms with Crippen molar-refractivity contribution in [3.05, 3.63) is 11.1 Å². The first-order valence-corrected chi connectivity index (χ1v) is 4.52. The molecule has 0 spiro atoms. The molecular weight excluding hydrogens is 150 g/mol. The predicted octanol–water partition coefficient (Wildman–Crippen LogP) is 2.01. The molecule has 2 nitrogen and oxygen atoms in total. The lowest BCUT2D eigenvalue weighted by Crippen LogP contribution is -2.34. The Labute approximate surface area is 74.0 Å². The van der Waals surface area contributed by atoms with Crippen LogP contribution in [0, 0.1) is 0 Å². The number of carbonyl (C=O) groups is 1. The van der Waals surface area contributed by atoms with Crippen molar-refractivity contribution in [2.45, 2.75) is 46.1 Å². The summed E-state index contributed by atoms with van der Waals surface area (Å²) in [4.78, 5) is 10.8. The molecule has 0 aliphatic heterocycles. The Balaban J connectivity index is 2.49. The Morgan fingerprint density at radius 1 is 1.42 bits per heavy atom. The zero-order chi connectivity index (χ0) is 9.14. The number of allylic oxidation sites excluding steroid dienone is 1. The number of rotatable bonds is 1. The van der Waals surface area contributed by atoms with Gasteiger partial charge in [0, 0.05) is 13.0 Å². The summed E-state index contributed by atoms with van der Waals surface area (Å²) >= 11 is 0. The highest BCUT2D eigenvalue weighted by atomic mass is 16.1. The van der Waals surface area contributed by atoms with Gasteiger partial charge in [0.25, 0.3) is 0 Å². The molecule has 12 heavy (non-hydrogen) atoms. The average Bonchev–Trinajstić information content (AvgIpc) is 1.96. The molecule has 0 aromatic carbocycles. The molecule has 1 aliphatic carbocycles. The molecule has 2 heteroatoms. The van der Waals surface area contributed by atoms with E-state index in [1.54, 1.807) is 6.92 Å². The van der Waals surface area contributed by atoms with E-state index >= 15 is 0 Å². The van der Waals surface area contributed by atoms with Crippen molar-refractivity contribution in [2.75, 3.05) is 0 Å². The van der Waals surface area contributed by atoms with Crippen LogP contribution in [-0.2, 0) is 4.79 Å². The number of carbonyl (C=O) groups excluding carboxylic acids is 1. The fraction of sp³-hybridized carbons (Fsp3) is 0.700. The minimum Gasteiger partial charge on any atom is -0.353 e. The minimum atomic E-state index is 0.0901. The molecule has 1 N–H and O–H groups in total. The molecule has 0 saturated heterocycles. The largest absolute Gasteiger partial charge is 0.353 e. The predicted molar refractivity (Wildman–Crippen MR) is 49.8 cm³/mol. The molecule has 1 aliphatic rings. The minimum absolute atomic E-state index is 0.0901. The zero-order valence-corrected chi connectivity index (χ0v) is 8.11. The van der Waals surface area contributed by atoms with Gasteiger partial charge in [0.2, 0.25) is 5.91 Å². The van der Waals surface area contributed by atoms with Gasteiger partial charge in [-0.2, -0.15) is 0 Å². The third kappa shape index (κ3) is 2.36. The molecule has 1 rings (SSSR count). The van der Waals surface area contributed by atoms with Crippen LogP contribution < -0.4 is 5.32 Å². The number of nitrogens with one attached hydrogen (secondary N) is 1. The van der Waals surface area contributed by atoms with E-state index in [1.165, 1.54) is 11.1 Å².